The van der Waals surface area contributed by atoms with Crippen LogP contribution < -0.4 is 5.32 Å². The zero-order valence-electron chi connectivity index (χ0n) is 16.6. The first kappa shape index (κ1) is 21.4. The molecule has 0 radical (unpaired) electrons. The number of hydrogen-bond acceptors (Lipinski definition) is 4. The zero-order valence-corrected chi connectivity index (χ0v) is 17.5. The summed E-state index contributed by atoms with van der Waals surface area (Å²) in [6.45, 7) is 3.13. The molecule has 0 unspecified atom stereocenters. The van der Waals surface area contributed by atoms with Gasteiger partial charge in [0, 0.05) is 30.9 Å². The minimum absolute atomic E-state index is 0.224. The smallest absolute Gasteiger partial charge is 0.243 e. The highest BCUT2D eigenvalue weighted by Gasteiger charge is 2.27. The van der Waals surface area contributed by atoms with Gasteiger partial charge in [0.25, 0.3) is 0 Å². The second kappa shape index (κ2) is 9.02. The molecule has 1 fully saturated rings. The number of nitrogens with one attached hydrogen (secondary N) is 1. The van der Waals surface area contributed by atoms with Gasteiger partial charge < -0.3 is 5.32 Å². The number of likely N-dealkylation sites (N-methyl/N-ethyl adjacent to an activating group) is 1. The molecule has 1 atom stereocenters. The minimum Gasteiger partial charge on any atom is -0.325 e. The van der Waals surface area contributed by atoms with E-state index in [0.29, 0.717) is 30.9 Å². The van der Waals surface area contributed by atoms with Gasteiger partial charge in [-0.2, -0.15) is 4.31 Å². The molecule has 0 aliphatic carbocycles. The fourth-order valence-corrected chi connectivity index (χ4v) is 4.78. The molecule has 8 heteroatoms. The number of amides is 1. The number of carbonyl (C=O) groups is 1. The number of rotatable bonds is 7. The fraction of sp³-hybridized carbons (Fsp3) is 0.381. The van der Waals surface area contributed by atoms with Crippen LogP contribution in [0.5, 0.6) is 0 Å². The molecule has 1 heterocycles. The second-order valence-corrected chi connectivity index (χ2v) is 9.25. The molecule has 156 valence electrons. The van der Waals surface area contributed by atoms with Gasteiger partial charge in [-0.3, -0.25) is 9.69 Å². The van der Waals surface area contributed by atoms with Gasteiger partial charge >= 0.3 is 0 Å². The predicted octanol–water partition coefficient (Wildman–Crippen LogP) is 3.07. The lowest BCUT2D eigenvalue weighted by atomic mass is 10.1. The van der Waals surface area contributed by atoms with Crippen molar-refractivity contribution >= 4 is 21.6 Å². The summed E-state index contributed by atoms with van der Waals surface area (Å²) in [5.74, 6) is -0.555. The van der Waals surface area contributed by atoms with Crippen LogP contribution in [-0.2, 0) is 21.4 Å². The van der Waals surface area contributed by atoms with E-state index in [2.05, 4.69) is 5.32 Å². The van der Waals surface area contributed by atoms with Crippen molar-refractivity contribution in [3.05, 3.63) is 59.9 Å². The summed E-state index contributed by atoms with van der Waals surface area (Å²) in [4.78, 5) is 14.5. The van der Waals surface area contributed by atoms with Gasteiger partial charge in [0.2, 0.25) is 15.9 Å². The van der Waals surface area contributed by atoms with E-state index in [1.807, 2.05) is 0 Å². The van der Waals surface area contributed by atoms with E-state index in [1.54, 1.807) is 49.2 Å². The molecule has 1 N–H and O–H groups in total. The SMILES string of the molecule is C[C@@H](C(=O)Nc1ccc(S(=O)(=O)N2CCCC2)cc1)N(C)Cc1ccccc1F. The molecule has 1 amide bonds. The molecule has 2 aromatic carbocycles. The monoisotopic (exact) mass is 419 g/mol. The quantitative estimate of drug-likeness (QED) is 0.749. The van der Waals surface area contributed by atoms with Crippen LogP contribution in [0, 0.1) is 5.82 Å². The van der Waals surface area contributed by atoms with Gasteiger partial charge in [-0.15, -0.1) is 0 Å². The Morgan fingerprint density at radius 3 is 2.38 bits per heavy atom. The number of hydrogen-bond donors (Lipinski definition) is 1. The van der Waals surface area contributed by atoms with Crippen LogP contribution in [0.1, 0.15) is 25.3 Å². The van der Waals surface area contributed by atoms with Crippen molar-refractivity contribution < 1.29 is 17.6 Å². The van der Waals surface area contributed by atoms with Gasteiger partial charge in [-0.25, -0.2) is 12.8 Å². The molecule has 0 bridgehead atoms. The number of anilines is 1. The first-order valence-corrected chi connectivity index (χ1v) is 11.1. The summed E-state index contributed by atoms with van der Waals surface area (Å²) in [6.07, 6.45) is 1.76. The maximum absolute atomic E-state index is 13.8. The van der Waals surface area contributed by atoms with Crippen molar-refractivity contribution in [2.75, 3.05) is 25.5 Å². The fourth-order valence-electron chi connectivity index (χ4n) is 3.27. The van der Waals surface area contributed by atoms with Crippen molar-refractivity contribution in [2.24, 2.45) is 0 Å². The van der Waals surface area contributed by atoms with Crippen LogP contribution in [0.2, 0.25) is 0 Å². The van der Waals surface area contributed by atoms with Crippen LogP contribution in [0.15, 0.2) is 53.4 Å². The molecule has 1 aliphatic rings. The van der Waals surface area contributed by atoms with Gasteiger partial charge in [-0.05, 0) is 57.1 Å². The lowest BCUT2D eigenvalue weighted by molar-refractivity contribution is -0.120. The average Bonchev–Trinajstić information content (AvgIpc) is 3.25. The highest BCUT2D eigenvalue weighted by atomic mass is 32.2. The van der Waals surface area contributed by atoms with Crippen molar-refractivity contribution in [1.29, 1.82) is 0 Å². The number of benzene rings is 2. The zero-order chi connectivity index (χ0) is 21.0. The highest BCUT2D eigenvalue weighted by molar-refractivity contribution is 7.89. The van der Waals surface area contributed by atoms with E-state index < -0.39 is 16.1 Å². The molecule has 2 aromatic rings. The number of carbonyl (C=O) groups excluding carboxylic acids is 1. The predicted molar refractivity (Wildman–Crippen MR) is 110 cm³/mol. The van der Waals surface area contributed by atoms with Crippen molar-refractivity contribution in [2.45, 2.75) is 37.2 Å². The Morgan fingerprint density at radius 2 is 1.76 bits per heavy atom. The van der Waals surface area contributed by atoms with Crippen LogP contribution in [0.25, 0.3) is 0 Å². The van der Waals surface area contributed by atoms with Gasteiger partial charge in [0.05, 0.1) is 10.9 Å². The average molecular weight is 420 g/mol. The van der Waals surface area contributed by atoms with Gasteiger partial charge in [0.15, 0.2) is 0 Å². The summed E-state index contributed by atoms with van der Waals surface area (Å²) in [6, 6.07) is 12.2. The summed E-state index contributed by atoms with van der Waals surface area (Å²) >= 11 is 0. The minimum atomic E-state index is -3.48. The number of halogens is 1. The normalized spacial score (nSPS) is 16.1. The third kappa shape index (κ3) is 5.01. The lowest BCUT2D eigenvalue weighted by Gasteiger charge is -2.24. The highest BCUT2D eigenvalue weighted by Crippen LogP contribution is 2.22. The Labute approximate surface area is 171 Å². The molecule has 1 aliphatic heterocycles. The topological polar surface area (TPSA) is 69.7 Å². The maximum Gasteiger partial charge on any atom is 0.243 e. The van der Waals surface area contributed by atoms with E-state index in [9.17, 15) is 17.6 Å². The molecule has 1 saturated heterocycles. The van der Waals surface area contributed by atoms with E-state index in [4.69, 9.17) is 0 Å². The van der Waals surface area contributed by atoms with E-state index in [1.165, 1.54) is 22.5 Å². The Hall–Kier alpha value is -2.29. The Morgan fingerprint density at radius 1 is 1.14 bits per heavy atom. The van der Waals surface area contributed by atoms with Gasteiger partial charge in [-0.1, -0.05) is 18.2 Å². The van der Waals surface area contributed by atoms with Crippen LogP contribution in [0.3, 0.4) is 0 Å². The van der Waals surface area contributed by atoms with E-state index >= 15 is 0 Å². The van der Waals surface area contributed by atoms with Crippen LogP contribution in [0.4, 0.5) is 10.1 Å². The summed E-state index contributed by atoms with van der Waals surface area (Å²) in [7, 11) is -1.72. The molecule has 29 heavy (non-hydrogen) atoms. The van der Waals surface area contributed by atoms with Crippen molar-refractivity contribution in [3.63, 3.8) is 0 Å². The second-order valence-electron chi connectivity index (χ2n) is 7.31. The molecular weight excluding hydrogens is 393 g/mol. The molecule has 0 saturated carbocycles. The molecule has 6 nitrogen and oxygen atoms in total. The Balaban J connectivity index is 1.62. The molecule has 3 rings (SSSR count). The molecular formula is C21H26FN3O3S. The number of nitrogens with zero attached hydrogens (tertiary/aromatic N) is 2. The van der Waals surface area contributed by atoms with Crippen LogP contribution >= 0.6 is 0 Å². The summed E-state index contributed by atoms with van der Waals surface area (Å²) < 4.78 is 40.4. The first-order valence-electron chi connectivity index (χ1n) is 9.64. The standard InChI is InChI=1S/C21H26FN3O3S/c1-16(24(2)15-17-7-3-4-8-20(17)22)21(26)23-18-9-11-19(12-10-18)29(27,28)25-13-5-6-14-25/h3-4,7-12,16H,5-6,13-15H2,1-2H3,(H,23,26)/t16-/m0/s1. The first-order chi connectivity index (χ1) is 13.8. The third-order valence-corrected chi connectivity index (χ3v) is 7.16. The van der Waals surface area contributed by atoms with Crippen LogP contribution in [-0.4, -0.2) is 49.7 Å². The third-order valence-electron chi connectivity index (χ3n) is 5.24. The van der Waals surface area contributed by atoms with Crippen molar-refractivity contribution in [1.82, 2.24) is 9.21 Å². The Bertz CT molecular complexity index is 957. The van der Waals surface area contributed by atoms with Gasteiger partial charge in [0.1, 0.15) is 5.82 Å². The summed E-state index contributed by atoms with van der Waals surface area (Å²) in [5.41, 5.74) is 1.03. The Kier molecular flexibility index (Phi) is 6.66. The lowest BCUT2D eigenvalue weighted by Crippen LogP contribution is -2.39. The number of sulfonamides is 1. The molecule has 0 spiro atoms. The maximum atomic E-state index is 13.8. The van der Waals surface area contributed by atoms with Crippen molar-refractivity contribution in [3.8, 4) is 0 Å². The van der Waals surface area contributed by atoms with E-state index in [0.717, 1.165) is 12.8 Å². The summed E-state index contributed by atoms with van der Waals surface area (Å²) in [5, 5.41) is 2.79. The molecule has 0 aromatic heterocycles. The largest absolute Gasteiger partial charge is 0.325 e. The van der Waals surface area contributed by atoms with E-state index in [-0.39, 0.29) is 16.6 Å².